The molecule has 0 aliphatic rings. The van der Waals surface area contributed by atoms with Crippen molar-refractivity contribution in [3.8, 4) is 0 Å². The highest BCUT2D eigenvalue weighted by Crippen LogP contribution is 2.10. The minimum absolute atomic E-state index is 0.0225. The molecule has 0 heterocycles. The normalized spacial score (nSPS) is 13.2. The Morgan fingerprint density at radius 1 is 1.18 bits per heavy atom. The molecule has 3 nitrogen and oxygen atoms in total. The molecule has 1 N–H and O–H groups in total. The molecule has 0 radical (unpaired) electrons. The maximum atomic E-state index is 11.9. The molecule has 0 bridgehead atoms. The number of carbonyl (C=O) groups is 1. The Kier molecular flexibility index (Phi) is 7.12. The average Bonchev–Trinajstić information content (AvgIpc) is 2.16. The van der Waals surface area contributed by atoms with E-state index in [1.54, 1.807) is 0 Å². The molecule has 0 spiro atoms. The fourth-order valence-electron chi connectivity index (χ4n) is 2.27. The average molecular weight is 240 g/mol. The first kappa shape index (κ1) is 16.2. The van der Waals surface area contributed by atoms with Gasteiger partial charge in [0.25, 0.3) is 0 Å². The van der Waals surface area contributed by atoms with Crippen LogP contribution in [-0.4, -0.2) is 29.1 Å². The lowest BCUT2D eigenvalue weighted by atomic mass is 10.1. The minimum Gasteiger partial charge on any atom is -0.337 e. The van der Waals surface area contributed by atoms with Gasteiger partial charge < -0.3 is 5.32 Å². The van der Waals surface area contributed by atoms with E-state index >= 15 is 0 Å². The standard InChI is InChI=1S/C14H28N2O/c1-8-9-12(6)14(17)15-13(7)16(10(2)3)11(4)5/h10-11,13H,6,8-9H2,1-5,7H3,(H,15,17). The Morgan fingerprint density at radius 3 is 2.00 bits per heavy atom. The highest BCUT2D eigenvalue weighted by molar-refractivity contribution is 5.92. The van der Waals surface area contributed by atoms with Crippen molar-refractivity contribution in [2.45, 2.75) is 72.6 Å². The highest BCUT2D eigenvalue weighted by Gasteiger charge is 2.21. The Morgan fingerprint density at radius 2 is 1.65 bits per heavy atom. The monoisotopic (exact) mass is 240 g/mol. The molecule has 1 atom stereocenters. The summed E-state index contributed by atoms with van der Waals surface area (Å²) in [5.74, 6) is -0.0225. The van der Waals surface area contributed by atoms with Gasteiger partial charge in [0.2, 0.25) is 5.91 Å². The van der Waals surface area contributed by atoms with Crippen molar-refractivity contribution in [2.75, 3.05) is 0 Å². The molecule has 1 amide bonds. The molecule has 0 aliphatic carbocycles. The van der Waals surface area contributed by atoms with Crippen LogP contribution in [-0.2, 0) is 4.79 Å². The summed E-state index contributed by atoms with van der Waals surface area (Å²) in [5, 5.41) is 3.01. The van der Waals surface area contributed by atoms with Gasteiger partial charge in [0, 0.05) is 17.7 Å². The van der Waals surface area contributed by atoms with Crippen molar-refractivity contribution >= 4 is 5.91 Å². The molecule has 0 saturated heterocycles. The number of rotatable bonds is 7. The maximum Gasteiger partial charge on any atom is 0.247 e. The van der Waals surface area contributed by atoms with Gasteiger partial charge in [0.1, 0.15) is 0 Å². The zero-order valence-corrected chi connectivity index (χ0v) is 12.2. The topological polar surface area (TPSA) is 32.3 Å². The van der Waals surface area contributed by atoms with Crippen molar-refractivity contribution < 1.29 is 4.79 Å². The number of nitrogens with one attached hydrogen (secondary N) is 1. The summed E-state index contributed by atoms with van der Waals surface area (Å²) in [7, 11) is 0. The lowest BCUT2D eigenvalue weighted by molar-refractivity contribution is -0.119. The van der Waals surface area contributed by atoms with Crippen LogP contribution < -0.4 is 5.32 Å². The van der Waals surface area contributed by atoms with Crippen molar-refractivity contribution in [3.05, 3.63) is 12.2 Å². The van der Waals surface area contributed by atoms with E-state index in [2.05, 4.69) is 51.4 Å². The van der Waals surface area contributed by atoms with Gasteiger partial charge in [0.15, 0.2) is 0 Å². The number of hydrogen-bond donors (Lipinski definition) is 1. The number of carbonyl (C=O) groups excluding carboxylic acids is 1. The first-order chi connectivity index (χ1) is 7.81. The zero-order valence-electron chi connectivity index (χ0n) is 12.2. The Labute approximate surface area is 106 Å². The minimum atomic E-state index is -0.0225. The second kappa shape index (κ2) is 7.49. The fourth-order valence-corrected chi connectivity index (χ4v) is 2.27. The summed E-state index contributed by atoms with van der Waals surface area (Å²) in [6.07, 6.45) is 1.76. The summed E-state index contributed by atoms with van der Waals surface area (Å²) in [4.78, 5) is 14.1. The van der Waals surface area contributed by atoms with Crippen LogP contribution in [0.2, 0.25) is 0 Å². The van der Waals surface area contributed by atoms with Crippen LogP contribution in [0.4, 0.5) is 0 Å². The van der Waals surface area contributed by atoms with Gasteiger partial charge in [-0.15, -0.1) is 0 Å². The summed E-state index contributed by atoms with van der Waals surface area (Å²) >= 11 is 0. The lowest BCUT2D eigenvalue weighted by Crippen LogP contribution is -2.52. The molecule has 0 saturated carbocycles. The largest absolute Gasteiger partial charge is 0.337 e. The van der Waals surface area contributed by atoms with Gasteiger partial charge >= 0.3 is 0 Å². The molecule has 0 aromatic heterocycles. The molecular formula is C14H28N2O. The Bertz CT molecular complexity index is 251. The van der Waals surface area contributed by atoms with Crippen LogP contribution in [0.3, 0.4) is 0 Å². The van der Waals surface area contributed by atoms with E-state index in [1.807, 2.05) is 6.92 Å². The third-order valence-electron chi connectivity index (χ3n) is 2.85. The lowest BCUT2D eigenvalue weighted by Gasteiger charge is -2.36. The maximum absolute atomic E-state index is 11.9. The van der Waals surface area contributed by atoms with Crippen molar-refractivity contribution in [3.63, 3.8) is 0 Å². The predicted octanol–water partition coefficient (Wildman–Crippen LogP) is 2.92. The van der Waals surface area contributed by atoms with E-state index in [0.717, 1.165) is 12.8 Å². The predicted molar refractivity (Wildman–Crippen MR) is 73.8 cm³/mol. The highest BCUT2D eigenvalue weighted by atomic mass is 16.1. The third-order valence-corrected chi connectivity index (χ3v) is 2.85. The van der Waals surface area contributed by atoms with E-state index < -0.39 is 0 Å². The molecule has 100 valence electrons. The number of nitrogens with zero attached hydrogens (tertiary/aromatic N) is 1. The van der Waals surface area contributed by atoms with E-state index in [0.29, 0.717) is 17.7 Å². The number of amides is 1. The van der Waals surface area contributed by atoms with E-state index in [4.69, 9.17) is 0 Å². The molecule has 0 aromatic rings. The smallest absolute Gasteiger partial charge is 0.247 e. The summed E-state index contributed by atoms with van der Waals surface area (Å²) < 4.78 is 0. The van der Waals surface area contributed by atoms with Crippen LogP contribution in [0.1, 0.15) is 54.4 Å². The van der Waals surface area contributed by atoms with Gasteiger partial charge in [-0.1, -0.05) is 19.9 Å². The molecule has 0 aliphatic heterocycles. The van der Waals surface area contributed by atoms with Crippen LogP contribution in [0, 0.1) is 0 Å². The zero-order chi connectivity index (χ0) is 13.6. The van der Waals surface area contributed by atoms with Gasteiger partial charge in [-0.2, -0.15) is 0 Å². The second-order valence-corrected chi connectivity index (χ2v) is 5.14. The van der Waals surface area contributed by atoms with Crippen molar-refractivity contribution in [1.82, 2.24) is 10.2 Å². The van der Waals surface area contributed by atoms with E-state index in [-0.39, 0.29) is 12.1 Å². The van der Waals surface area contributed by atoms with E-state index in [1.165, 1.54) is 0 Å². The number of hydrogen-bond acceptors (Lipinski definition) is 2. The molecule has 3 heteroatoms. The third kappa shape index (κ3) is 5.35. The van der Waals surface area contributed by atoms with Crippen LogP contribution >= 0.6 is 0 Å². The molecule has 17 heavy (non-hydrogen) atoms. The van der Waals surface area contributed by atoms with Gasteiger partial charge in [0.05, 0.1) is 6.17 Å². The fraction of sp³-hybridized carbons (Fsp3) is 0.786. The van der Waals surface area contributed by atoms with Crippen LogP contribution in [0.15, 0.2) is 12.2 Å². The molecule has 0 fully saturated rings. The van der Waals surface area contributed by atoms with Gasteiger partial charge in [-0.25, -0.2) is 0 Å². The summed E-state index contributed by atoms with van der Waals surface area (Å²) in [5.41, 5.74) is 0.673. The van der Waals surface area contributed by atoms with E-state index in [9.17, 15) is 4.79 Å². The second-order valence-electron chi connectivity index (χ2n) is 5.14. The first-order valence-corrected chi connectivity index (χ1v) is 6.57. The van der Waals surface area contributed by atoms with Crippen molar-refractivity contribution in [2.24, 2.45) is 0 Å². The molecule has 0 rings (SSSR count). The molecular weight excluding hydrogens is 212 g/mol. The summed E-state index contributed by atoms with van der Waals surface area (Å²) in [6, 6.07) is 0.814. The Balaban J connectivity index is 4.45. The van der Waals surface area contributed by atoms with Gasteiger partial charge in [-0.3, -0.25) is 9.69 Å². The molecule has 1 unspecified atom stereocenters. The Hall–Kier alpha value is -0.830. The van der Waals surface area contributed by atoms with Crippen LogP contribution in [0.25, 0.3) is 0 Å². The van der Waals surface area contributed by atoms with Gasteiger partial charge in [-0.05, 0) is 41.0 Å². The first-order valence-electron chi connectivity index (χ1n) is 6.57. The quantitative estimate of drug-likeness (QED) is 0.548. The SMILES string of the molecule is C=C(CCC)C(=O)NC(C)N(C(C)C)C(C)C. The molecule has 0 aromatic carbocycles. The van der Waals surface area contributed by atoms with Crippen LogP contribution in [0.5, 0.6) is 0 Å². The summed E-state index contributed by atoms with van der Waals surface area (Å²) in [6.45, 7) is 16.5. The van der Waals surface area contributed by atoms with Crippen molar-refractivity contribution in [1.29, 1.82) is 0 Å².